The van der Waals surface area contributed by atoms with E-state index in [0.29, 0.717) is 16.9 Å². The molecule has 0 spiro atoms. The Morgan fingerprint density at radius 1 is 0.944 bits per heavy atom. The monoisotopic (exact) mass is 250 g/mol. The van der Waals surface area contributed by atoms with Gasteiger partial charge in [0.2, 0.25) is 0 Å². The molecule has 3 fully saturated rings. The van der Waals surface area contributed by atoms with Crippen molar-refractivity contribution in [1.29, 1.82) is 0 Å². The summed E-state index contributed by atoms with van der Waals surface area (Å²) < 4.78 is 6.34. The summed E-state index contributed by atoms with van der Waals surface area (Å²) in [4.78, 5) is 0. The maximum absolute atomic E-state index is 6.34. The molecule has 0 bridgehead atoms. The minimum Gasteiger partial charge on any atom is -0.372 e. The smallest absolute Gasteiger partial charge is 0.0692 e. The molecule has 1 aliphatic heterocycles. The molecular weight excluding hydrogens is 220 g/mol. The molecule has 18 heavy (non-hydrogen) atoms. The second kappa shape index (κ2) is 3.75. The van der Waals surface area contributed by atoms with E-state index in [1.54, 1.807) is 0 Å². The molecule has 0 aromatic heterocycles. The van der Waals surface area contributed by atoms with E-state index < -0.39 is 0 Å². The number of hydrogen-bond acceptors (Lipinski definition) is 1. The summed E-state index contributed by atoms with van der Waals surface area (Å²) >= 11 is 0. The van der Waals surface area contributed by atoms with Gasteiger partial charge in [-0.3, -0.25) is 0 Å². The Morgan fingerprint density at radius 3 is 2.39 bits per heavy atom. The molecule has 2 saturated carbocycles. The SMILES string of the molecule is C[C@@H]1CC2[C@]3(C)CCCC(C)(C)[C@@H]3CC[C@]2(C)O1. The summed E-state index contributed by atoms with van der Waals surface area (Å²) in [6, 6.07) is 0. The van der Waals surface area contributed by atoms with Crippen molar-refractivity contribution in [3.63, 3.8) is 0 Å². The minimum absolute atomic E-state index is 0.179. The summed E-state index contributed by atoms with van der Waals surface area (Å²) in [5.74, 6) is 1.70. The van der Waals surface area contributed by atoms with Gasteiger partial charge in [-0.15, -0.1) is 0 Å². The Hall–Kier alpha value is -0.0400. The largest absolute Gasteiger partial charge is 0.372 e. The quantitative estimate of drug-likeness (QED) is 0.600. The van der Waals surface area contributed by atoms with Gasteiger partial charge in [-0.2, -0.15) is 0 Å². The third kappa shape index (κ3) is 1.62. The van der Waals surface area contributed by atoms with Crippen LogP contribution in [0.25, 0.3) is 0 Å². The van der Waals surface area contributed by atoms with Gasteiger partial charge in [-0.05, 0) is 68.6 Å². The lowest BCUT2D eigenvalue weighted by molar-refractivity contribution is -0.153. The molecule has 5 atom stereocenters. The first-order valence-electron chi connectivity index (χ1n) is 7.96. The first kappa shape index (κ1) is 13.0. The zero-order valence-electron chi connectivity index (χ0n) is 12.9. The van der Waals surface area contributed by atoms with E-state index >= 15 is 0 Å². The van der Waals surface area contributed by atoms with Gasteiger partial charge in [0, 0.05) is 0 Å². The predicted octanol–water partition coefficient (Wildman–Crippen LogP) is 4.80. The molecule has 1 saturated heterocycles. The van der Waals surface area contributed by atoms with E-state index in [1.165, 1.54) is 38.5 Å². The van der Waals surface area contributed by atoms with Crippen molar-refractivity contribution in [2.45, 2.75) is 84.8 Å². The van der Waals surface area contributed by atoms with Gasteiger partial charge >= 0.3 is 0 Å². The fourth-order valence-electron chi connectivity index (χ4n) is 6.11. The van der Waals surface area contributed by atoms with Crippen molar-refractivity contribution in [2.24, 2.45) is 22.7 Å². The highest BCUT2D eigenvalue weighted by Crippen LogP contribution is 2.65. The van der Waals surface area contributed by atoms with Crippen molar-refractivity contribution < 1.29 is 4.74 Å². The maximum atomic E-state index is 6.34. The Labute approximate surface area is 113 Å². The van der Waals surface area contributed by atoms with E-state index in [1.807, 2.05) is 0 Å². The molecule has 104 valence electrons. The zero-order chi connectivity index (χ0) is 13.2. The van der Waals surface area contributed by atoms with Crippen molar-refractivity contribution >= 4 is 0 Å². The van der Waals surface area contributed by atoms with Crippen LogP contribution >= 0.6 is 0 Å². The topological polar surface area (TPSA) is 9.23 Å². The second-order valence-electron chi connectivity index (χ2n) is 8.47. The normalized spacial score (nSPS) is 54.8. The molecule has 3 aliphatic rings. The maximum Gasteiger partial charge on any atom is 0.0692 e. The molecule has 0 amide bonds. The molecule has 2 aliphatic carbocycles. The fraction of sp³-hybridized carbons (Fsp3) is 1.00. The van der Waals surface area contributed by atoms with Crippen LogP contribution in [0.3, 0.4) is 0 Å². The lowest BCUT2D eigenvalue weighted by atomic mass is 9.45. The van der Waals surface area contributed by atoms with E-state index in [4.69, 9.17) is 4.74 Å². The third-order valence-electron chi connectivity index (χ3n) is 6.78. The molecule has 1 nitrogen and oxygen atoms in total. The summed E-state index contributed by atoms with van der Waals surface area (Å²) in [5.41, 5.74) is 1.25. The van der Waals surface area contributed by atoms with Crippen LogP contribution in [0.5, 0.6) is 0 Å². The summed E-state index contributed by atoms with van der Waals surface area (Å²) in [6.45, 7) is 12.3. The van der Waals surface area contributed by atoms with E-state index in [2.05, 4.69) is 34.6 Å². The number of hydrogen-bond donors (Lipinski definition) is 0. The first-order valence-corrected chi connectivity index (χ1v) is 7.96. The Kier molecular flexibility index (Phi) is 2.70. The highest BCUT2D eigenvalue weighted by atomic mass is 16.5. The summed E-state index contributed by atoms with van der Waals surface area (Å²) in [5, 5.41) is 0. The highest BCUT2D eigenvalue weighted by molar-refractivity contribution is 5.10. The first-order chi connectivity index (χ1) is 8.28. The van der Waals surface area contributed by atoms with E-state index in [9.17, 15) is 0 Å². The fourth-order valence-corrected chi connectivity index (χ4v) is 6.11. The molecule has 1 heterocycles. The lowest BCUT2D eigenvalue weighted by Gasteiger charge is -2.60. The average Bonchev–Trinajstić information content (AvgIpc) is 2.53. The van der Waals surface area contributed by atoms with Crippen molar-refractivity contribution in [2.75, 3.05) is 0 Å². The molecular formula is C17H30O. The Balaban J connectivity index is 1.98. The van der Waals surface area contributed by atoms with Crippen LogP contribution in [-0.2, 0) is 4.74 Å². The molecule has 0 radical (unpaired) electrons. The Bertz CT molecular complexity index is 348. The molecule has 1 heteroatoms. The number of fused-ring (bicyclic) bond motifs is 3. The van der Waals surface area contributed by atoms with Gasteiger partial charge in [0.1, 0.15) is 0 Å². The van der Waals surface area contributed by atoms with Crippen LogP contribution in [0.4, 0.5) is 0 Å². The van der Waals surface area contributed by atoms with Crippen LogP contribution in [-0.4, -0.2) is 11.7 Å². The number of rotatable bonds is 0. The van der Waals surface area contributed by atoms with Gasteiger partial charge in [0.25, 0.3) is 0 Å². The molecule has 1 unspecified atom stereocenters. The van der Waals surface area contributed by atoms with Crippen LogP contribution < -0.4 is 0 Å². The molecule has 0 aromatic rings. The van der Waals surface area contributed by atoms with Gasteiger partial charge < -0.3 is 4.74 Å². The van der Waals surface area contributed by atoms with Gasteiger partial charge in [0.15, 0.2) is 0 Å². The predicted molar refractivity (Wildman–Crippen MR) is 75.5 cm³/mol. The standard InChI is InChI=1S/C17H30O/c1-12-11-14-16(4)9-6-8-15(2,3)13(16)7-10-17(14,5)18-12/h12-14H,6-11H2,1-5H3/t12-,13+,14?,16-,17+/m1/s1. The number of ether oxygens (including phenoxy) is 1. The molecule has 3 rings (SSSR count). The van der Waals surface area contributed by atoms with Crippen molar-refractivity contribution in [3.8, 4) is 0 Å². The molecule has 0 N–H and O–H groups in total. The van der Waals surface area contributed by atoms with Gasteiger partial charge in [0.05, 0.1) is 11.7 Å². The van der Waals surface area contributed by atoms with Crippen LogP contribution in [0.1, 0.15) is 73.1 Å². The van der Waals surface area contributed by atoms with Gasteiger partial charge in [-0.25, -0.2) is 0 Å². The Morgan fingerprint density at radius 2 is 1.67 bits per heavy atom. The van der Waals surface area contributed by atoms with E-state index in [0.717, 1.165) is 11.8 Å². The second-order valence-corrected chi connectivity index (χ2v) is 8.47. The van der Waals surface area contributed by atoms with Crippen LogP contribution in [0, 0.1) is 22.7 Å². The molecule has 0 aromatic carbocycles. The average molecular weight is 250 g/mol. The lowest BCUT2D eigenvalue weighted by Crippen LogP contribution is -2.55. The van der Waals surface area contributed by atoms with Crippen molar-refractivity contribution in [3.05, 3.63) is 0 Å². The third-order valence-corrected chi connectivity index (χ3v) is 6.78. The van der Waals surface area contributed by atoms with Crippen LogP contribution in [0.15, 0.2) is 0 Å². The summed E-state index contributed by atoms with van der Waals surface area (Å²) in [7, 11) is 0. The minimum atomic E-state index is 0.179. The van der Waals surface area contributed by atoms with E-state index in [-0.39, 0.29) is 5.60 Å². The van der Waals surface area contributed by atoms with Gasteiger partial charge in [-0.1, -0.05) is 27.2 Å². The highest BCUT2D eigenvalue weighted by Gasteiger charge is 2.61. The summed E-state index contributed by atoms with van der Waals surface area (Å²) in [6.07, 6.45) is 8.70. The van der Waals surface area contributed by atoms with Crippen molar-refractivity contribution in [1.82, 2.24) is 0 Å². The van der Waals surface area contributed by atoms with Crippen LogP contribution in [0.2, 0.25) is 0 Å². The zero-order valence-corrected chi connectivity index (χ0v) is 12.9.